The highest BCUT2D eigenvalue weighted by atomic mass is 32.2. The Morgan fingerprint density at radius 1 is 1.53 bits per heavy atom. The van der Waals surface area contributed by atoms with E-state index in [9.17, 15) is 0 Å². The number of nitrogens with one attached hydrogen (secondary N) is 1. The zero-order chi connectivity index (χ0) is 11.9. The molecule has 0 saturated carbocycles. The summed E-state index contributed by atoms with van der Waals surface area (Å²) in [4.78, 5) is 0. The Labute approximate surface area is 96.7 Å². The molecule has 0 saturated heterocycles. The van der Waals surface area contributed by atoms with Gasteiger partial charge in [0, 0.05) is 11.3 Å². The minimum Gasteiger partial charge on any atom is -0.409 e. The Morgan fingerprint density at radius 3 is 2.40 bits per heavy atom. The summed E-state index contributed by atoms with van der Waals surface area (Å²) in [7, 11) is 0. The highest BCUT2D eigenvalue weighted by Crippen LogP contribution is 2.29. The van der Waals surface area contributed by atoms with Gasteiger partial charge in [0.05, 0.1) is 6.04 Å². The van der Waals surface area contributed by atoms with Crippen LogP contribution in [0.5, 0.6) is 0 Å². The molecule has 0 amide bonds. The van der Waals surface area contributed by atoms with Crippen LogP contribution in [0.15, 0.2) is 5.16 Å². The fraction of sp³-hybridized carbons (Fsp3) is 0.900. The summed E-state index contributed by atoms with van der Waals surface area (Å²) in [6.45, 7) is 7.15. The summed E-state index contributed by atoms with van der Waals surface area (Å²) in [6, 6.07) is -0.0837. The van der Waals surface area contributed by atoms with Gasteiger partial charge in [-0.05, 0) is 26.0 Å². The highest BCUT2D eigenvalue weighted by molar-refractivity contribution is 8.00. The standard InChI is InChI=1S/C10H23N3OS/c1-5-10(6-2,15-4)7-12-8(3)9(11)13-14/h8,12,14H,5-7H2,1-4H3,(H2,11,13). The largest absolute Gasteiger partial charge is 0.409 e. The molecule has 0 aromatic heterocycles. The number of rotatable bonds is 7. The van der Waals surface area contributed by atoms with Gasteiger partial charge in [-0.25, -0.2) is 0 Å². The quantitative estimate of drug-likeness (QED) is 0.270. The number of oxime groups is 1. The zero-order valence-corrected chi connectivity index (χ0v) is 10.9. The van der Waals surface area contributed by atoms with Crippen LogP contribution in [0, 0.1) is 0 Å². The average Bonchev–Trinajstić information content (AvgIpc) is 2.30. The van der Waals surface area contributed by atoms with Crippen molar-refractivity contribution in [2.75, 3.05) is 12.8 Å². The lowest BCUT2D eigenvalue weighted by molar-refractivity contribution is 0.314. The maximum absolute atomic E-state index is 8.52. The van der Waals surface area contributed by atoms with Crippen LogP contribution in [0.4, 0.5) is 0 Å². The predicted octanol–water partition coefficient (Wildman–Crippen LogP) is 1.63. The maximum Gasteiger partial charge on any atom is 0.156 e. The monoisotopic (exact) mass is 233 g/mol. The van der Waals surface area contributed by atoms with E-state index in [1.165, 1.54) is 0 Å². The molecule has 4 N–H and O–H groups in total. The van der Waals surface area contributed by atoms with Crippen LogP contribution in [-0.2, 0) is 0 Å². The Balaban J connectivity index is 4.22. The molecule has 1 unspecified atom stereocenters. The van der Waals surface area contributed by atoms with Gasteiger partial charge in [0.2, 0.25) is 0 Å². The molecule has 0 heterocycles. The van der Waals surface area contributed by atoms with Crippen molar-refractivity contribution < 1.29 is 5.21 Å². The van der Waals surface area contributed by atoms with Crippen molar-refractivity contribution >= 4 is 17.6 Å². The molecule has 15 heavy (non-hydrogen) atoms. The Bertz CT molecular complexity index is 197. The average molecular weight is 233 g/mol. The van der Waals surface area contributed by atoms with E-state index in [1.54, 1.807) is 0 Å². The van der Waals surface area contributed by atoms with Crippen LogP contribution >= 0.6 is 11.8 Å². The van der Waals surface area contributed by atoms with Gasteiger partial charge in [0.15, 0.2) is 5.84 Å². The van der Waals surface area contributed by atoms with Gasteiger partial charge >= 0.3 is 0 Å². The maximum atomic E-state index is 8.52. The molecule has 0 spiro atoms. The fourth-order valence-electron chi connectivity index (χ4n) is 1.39. The van der Waals surface area contributed by atoms with E-state index in [-0.39, 0.29) is 16.6 Å². The van der Waals surface area contributed by atoms with Gasteiger partial charge in [-0.15, -0.1) is 0 Å². The molecule has 5 heteroatoms. The first-order chi connectivity index (χ1) is 7.05. The van der Waals surface area contributed by atoms with Crippen molar-refractivity contribution in [1.82, 2.24) is 5.32 Å². The van der Waals surface area contributed by atoms with Gasteiger partial charge in [-0.2, -0.15) is 11.8 Å². The smallest absolute Gasteiger partial charge is 0.156 e. The van der Waals surface area contributed by atoms with Crippen molar-refractivity contribution in [3.8, 4) is 0 Å². The molecular formula is C10H23N3OS. The molecule has 0 aliphatic heterocycles. The molecule has 0 bridgehead atoms. The van der Waals surface area contributed by atoms with Gasteiger partial charge in [-0.1, -0.05) is 19.0 Å². The molecule has 0 fully saturated rings. The molecule has 0 aliphatic rings. The molecule has 0 rings (SSSR count). The van der Waals surface area contributed by atoms with E-state index >= 15 is 0 Å². The topological polar surface area (TPSA) is 70.6 Å². The van der Waals surface area contributed by atoms with Crippen LogP contribution in [0.1, 0.15) is 33.6 Å². The minimum absolute atomic E-state index is 0.0837. The molecule has 4 nitrogen and oxygen atoms in total. The highest BCUT2D eigenvalue weighted by Gasteiger charge is 2.25. The lowest BCUT2D eigenvalue weighted by Gasteiger charge is -2.31. The Morgan fingerprint density at radius 2 is 2.07 bits per heavy atom. The molecule has 1 atom stereocenters. The second-order valence-electron chi connectivity index (χ2n) is 3.72. The molecule has 0 aromatic rings. The van der Waals surface area contributed by atoms with Crippen molar-refractivity contribution in [1.29, 1.82) is 0 Å². The molecule has 0 aliphatic carbocycles. The molecule has 0 aromatic carbocycles. The van der Waals surface area contributed by atoms with Crippen LogP contribution in [-0.4, -0.2) is 34.6 Å². The molecule has 90 valence electrons. The first-order valence-corrected chi connectivity index (χ1v) is 6.53. The number of nitrogens with zero attached hydrogens (tertiary/aromatic N) is 1. The Kier molecular flexibility index (Phi) is 6.76. The van der Waals surface area contributed by atoms with Crippen LogP contribution in [0.25, 0.3) is 0 Å². The third-order valence-corrected chi connectivity index (χ3v) is 4.60. The number of hydrogen-bond acceptors (Lipinski definition) is 4. The van der Waals surface area contributed by atoms with Gasteiger partial charge in [0.1, 0.15) is 0 Å². The van der Waals surface area contributed by atoms with Crippen molar-refractivity contribution in [2.24, 2.45) is 10.9 Å². The van der Waals surface area contributed by atoms with E-state index in [4.69, 9.17) is 10.9 Å². The van der Waals surface area contributed by atoms with E-state index < -0.39 is 0 Å². The number of nitrogens with two attached hydrogens (primary N) is 1. The van der Waals surface area contributed by atoms with Gasteiger partial charge in [-0.3, -0.25) is 0 Å². The summed E-state index contributed by atoms with van der Waals surface area (Å²) in [5, 5.41) is 14.8. The number of thioether (sulfide) groups is 1. The fourth-order valence-corrected chi connectivity index (χ4v) is 2.20. The SMILES string of the molecule is CCC(CC)(CNC(C)C(N)=NO)SC. The lowest BCUT2D eigenvalue weighted by Crippen LogP contribution is -2.46. The van der Waals surface area contributed by atoms with Crippen LogP contribution in [0.3, 0.4) is 0 Å². The van der Waals surface area contributed by atoms with Gasteiger partial charge in [0.25, 0.3) is 0 Å². The second-order valence-corrected chi connectivity index (χ2v) is 5.00. The van der Waals surface area contributed by atoms with Crippen LogP contribution in [0.2, 0.25) is 0 Å². The normalized spacial score (nSPS) is 15.3. The number of hydrogen-bond donors (Lipinski definition) is 3. The summed E-state index contributed by atoms with van der Waals surface area (Å²) in [6.07, 6.45) is 4.35. The zero-order valence-electron chi connectivity index (χ0n) is 10.1. The lowest BCUT2D eigenvalue weighted by atomic mass is 10.0. The third-order valence-electron chi connectivity index (χ3n) is 3.01. The predicted molar refractivity (Wildman–Crippen MR) is 67.7 cm³/mol. The second kappa shape index (κ2) is 6.95. The first-order valence-electron chi connectivity index (χ1n) is 5.31. The molecular weight excluding hydrogens is 210 g/mol. The van der Waals surface area contributed by atoms with Crippen molar-refractivity contribution in [2.45, 2.75) is 44.4 Å². The summed E-state index contributed by atoms with van der Waals surface area (Å²) >= 11 is 1.87. The Hall–Kier alpha value is -0.420. The summed E-state index contributed by atoms with van der Waals surface area (Å²) < 4.78 is 0.254. The minimum atomic E-state index is -0.0837. The van der Waals surface area contributed by atoms with E-state index in [0.29, 0.717) is 0 Å². The third kappa shape index (κ3) is 4.30. The number of amidine groups is 1. The van der Waals surface area contributed by atoms with E-state index in [0.717, 1.165) is 19.4 Å². The summed E-state index contributed by atoms with van der Waals surface area (Å²) in [5.74, 6) is 0.234. The van der Waals surface area contributed by atoms with E-state index in [2.05, 4.69) is 30.6 Å². The van der Waals surface area contributed by atoms with Crippen LogP contribution < -0.4 is 11.1 Å². The van der Waals surface area contributed by atoms with Crippen molar-refractivity contribution in [3.05, 3.63) is 0 Å². The van der Waals surface area contributed by atoms with Crippen molar-refractivity contribution in [3.63, 3.8) is 0 Å². The first kappa shape index (κ1) is 14.6. The van der Waals surface area contributed by atoms with Gasteiger partial charge < -0.3 is 16.3 Å². The molecule has 0 radical (unpaired) electrons. The summed E-state index contributed by atoms with van der Waals surface area (Å²) in [5.41, 5.74) is 5.50. The van der Waals surface area contributed by atoms with E-state index in [1.807, 2.05) is 18.7 Å².